The number of aromatic nitrogens is 1. The van der Waals surface area contributed by atoms with Gasteiger partial charge in [0.2, 0.25) is 0 Å². The van der Waals surface area contributed by atoms with Crippen LogP contribution in [0.2, 0.25) is 0 Å². The molecule has 1 aliphatic heterocycles. The molecule has 0 unspecified atom stereocenters. The molecule has 2 aliphatic rings. The van der Waals surface area contributed by atoms with E-state index in [4.69, 9.17) is 9.47 Å². The predicted molar refractivity (Wildman–Crippen MR) is 117 cm³/mol. The number of rotatable bonds is 5. The standard InChI is InChI=1S/C24H25N3O4/c1-14-21(24(29)27-20-9-4-5-12-25-20)22(23-17(26-14)7-6-8-18(23)28)16-13-15(30-2)10-11-19(16)31-3/h4-5,9-13,22,26H,6-8H2,1-3H3,(H,25,27,29)/t22-/m1/s1. The first-order valence-electron chi connectivity index (χ1n) is 10.2. The van der Waals surface area contributed by atoms with Gasteiger partial charge in [-0.2, -0.15) is 0 Å². The molecule has 1 aromatic heterocycles. The molecule has 1 amide bonds. The lowest BCUT2D eigenvalue weighted by atomic mass is 9.74. The lowest BCUT2D eigenvalue weighted by molar-refractivity contribution is -0.116. The molecule has 2 heterocycles. The van der Waals surface area contributed by atoms with Crippen LogP contribution in [0.15, 0.2) is 65.1 Å². The maximum Gasteiger partial charge on any atom is 0.255 e. The largest absolute Gasteiger partial charge is 0.497 e. The van der Waals surface area contributed by atoms with Gasteiger partial charge in [0, 0.05) is 40.7 Å². The van der Waals surface area contributed by atoms with Crippen LogP contribution in [0.25, 0.3) is 0 Å². The summed E-state index contributed by atoms with van der Waals surface area (Å²) in [7, 11) is 3.16. The Kier molecular flexibility index (Phi) is 5.75. The molecule has 0 fully saturated rings. The molecule has 0 spiro atoms. The van der Waals surface area contributed by atoms with Crippen LogP contribution in [0, 0.1) is 0 Å². The van der Waals surface area contributed by atoms with Crippen molar-refractivity contribution in [1.29, 1.82) is 0 Å². The number of hydrogen-bond donors (Lipinski definition) is 2. The van der Waals surface area contributed by atoms with Crippen molar-refractivity contribution in [3.63, 3.8) is 0 Å². The average Bonchev–Trinajstić information content (AvgIpc) is 2.78. The highest BCUT2D eigenvalue weighted by Crippen LogP contribution is 2.46. The molecule has 0 radical (unpaired) electrons. The Morgan fingerprint density at radius 1 is 1.16 bits per heavy atom. The number of methoxy groups -OCH3 is 2. The highest BCUT2D eigenvalue weighted by atomic mass is 16.5. The molecule has 0 saturated heterocycles. The molecule has 1 aromatic carbocycles. The van der Waals surface area contributed by atoms with Gasteiger partial charge < -0.3 is 20.1 Å². The van der Waals surface area contributed by atoms with Gasteiger partial charge in [-0.1, -0.05) is 6.07 Å². The molecule has 7 heteroatoms. The second-order valence-electron chi connectivity index (χ2n) is 7.54. The van der Waals surface area contributed by atoms with Crippen LogP contribution in [0.1, 0.15) is 37.7 Å². The second-order valence-corrected chi connectivity index (χ2v) is 7.54. The third kappa shape index (κ3) is 3.91. The lowest BCUT2D eigenvalue weighted by Crippen LogP contribution is -2.35. The monoisotopic (exact) mass is 419 g/mol. The number of Topliss-reactive ketones (excluding diaryl/α,β-unsaturated/α-hetero) is 1. The van der Waals surface area contributed by atoms with Crippen molar-refractivity contribution in [1.82, 2.24) is 10.3 Å². The van der Waals surface area contributed by atoms with E-state index in [1.807, 2.05) is 13.0 Å². The van der Waals surface area contributed by atoms with Gasteiger partial charge in [-0.05, 0) is 50.1 Å². The zero-order chi connectivity index (χ0) is 22.0. The summed E-state index contributed by atoms with van der Waals surface area (Å²) in [6.07, 6.45) is 3.62. The van der Waals surface area contributed by atoms with Gasteiger partial charge in [0.25, 0.3) is 5.91 Å². The minimum absolute atomic E-state index is 0.0410. The minimum atomic E-state index is -0.571. The van der Waals surface area contributed by atoms with Crippen molar-refractivity contribution in [2.45, 2.75) is 32.1 Å². The van der Waals surface area contributed by atoms with Crippen LogP contribution in [0.5, 0.6) is 11.5 Å². The summed E-state index contributed by atoms with van der Waals surface area (Å²) in [6.45, 7) is 1.86. The van der Waals surface area contributed by atoms with E-state index in [9.17, 15) is 9.59 Å². The number of allylic oxidation sites excluding steroid dienone is 3. The van der Waals surface area contributed by atoms with E-state index in [0.717, 1.165) is 24.1 Å². The number of nitrogens with zero attached hydrogens (tertiary/aromatic N) is 1. The van der Waals surface area contributed by atoms with Gasteiger partial charge in [-0.25, -0.2) is 4.98 Å². The molecule has 1 atom stereocenters. The average molecular weight is 419 g/mol. The van der Waals surface area contributed by atoms with Crippen LogP contribution in [-0.2, 0) is 9.59 Å². The number of ether oxygens (including phenoxy) is 2. The number of anilines is 1. The summed E-state index contributed by atoms with van der Waals surface area (Å²) < 4.78 is 11.0. The number of hydrogen-bond acceptors (Lipinski definition) is 6. The normalized spacial score (nSPS) is 18.3. The van der Waals surface area contributed by atoms with Crippen LogP contribution >= 0.6 is 0 Å². The Labute approximate surface area is 181 Å². The van der Waals surface area contributed by atoms with Crippen molar-refractivity contribution >= 4 is 17.5 Å². The lowest BCUT2D eigenvalue weighted by Gasteiger charge is -2.35. The molecule has 2 aromatic rings. The van der Waals surface area contributed by atoms with Gasteiger partial charge in [-0.3, -0.25) is 9.59 Å². The van der Waals surface area contributed by atoms with E-state index >= 15 is 0 Å². The number of amides is 1. The first-order chi connectivity index (χ1) is 15.0. The fraction of sp³-hybridized carbons (Fsp3) is 0.292. The Morgan fingerprint density at radius 3 is 2.71 bits per heavy atom. The van der Waals surface area contributed by atoms with E-state index in [1.165, 1.54) is 0 Å². The summed E-state index contributed by atoms with van der Waals surface area (Å²) in [4.78, 5) is 30.7. The van der Waals surface area contributed by atoms with E-state index in [0.29, 0.717) is 40.6 Å². The topological polar surface area (TPSA) is 89.6 Å². The number of carbonyl (C=O) groups excluding carboxylic acids is 2. The summed E-state index contributed by atoms with van der Waals surface area (Å²) >= 11 is 0. The molecular formula is C24H25N3O4. The molecule has 1 aliphatic carbocycles. The number of nitrogens with one attached hydrogen (secondary N) is 2. The number of ketones is 1. The van der Waals surface area contributed by atoms with Crippen molar-refractivity contribution < 1.29 is 19.1 Å². The Balaban J connectivity index is 1.87. The van der Waals surface area contributed by atoms with E-state index in [1.54, 1.807) is 50.7 Å². The maximum atomic E-state index is 13.4. The highest BCUT2D eigenvalue weighted by molar-refractivity contribution is 6.09. The number of pyridine rings is 1. The fourth-order valence-electron chi connectivity index (χ4n) is 4.28. The molecule has 31 heavy (non-hydrogen) atoms. The van der Waals surface area contributed by atoms with Crippen molar-refractivity contribution in [3.05, 3.63) is 70.7 Å². The Bertz CT molecular complexity index is 1090. The fourth-order valence-corrected chi connectivity index (χ4v) is 4.28. The van der Waals surface area contributed by atoms with Crippen LogP contribution in [0.3, 0.4) is 0 Å². The first kappa shape index (κ1) is 20.7. The molecule has 4 rings (SSSR count). The summed E-state index contributed by atoms with van der Waals surface area (Å²) in [6, 6.07) is 10.7. The summed E-state index contributed by atoms with van der Waals surface area (Å²) in [5.41, 5.74) is 3.38. The highest BCUT2D eigenvalue weighted by Gasteiger charge is 2.40. The predicted octanol–water partition coefficient (Wildman–Crippen LogP) is 3.71. The molecule has 160 valence electrons. The molecule has 2 N–H and O–H groups in total. The summed E-state index contributed by atoms with van der Waals surface area (Å²) in [5, 5.41) is 6.18. The zero-order valence-corrected chi connectivity index (χ0v) is 17.8. The quantitative estimate of drug-likeness (QED) is 0.768. The Hall–Kier alpha value is -3.61. The number of dihydropyridines is 1. The van der Waals surface area contributed by atoms with E-state index < -0.39 is 5.92 Å². The minimum Gasteiger partial charge on any atom is -0.497 e. The number of carbonyl (C=O) groups is 2. The number of benzene rings is 1. The van der Waals surface area contributed by atoms with Crippen LogP contribution < -0.4 is 20.1 Å². The molecule has 7 nitrogen and oxygen atoms in total. The van der Waals surface area contributed by atoms with Gasteiger partial charge in [-0.15, -0.1) is 0 Å². The van der Waals surface area contributed by atoms with E-state index in [2.05, 4.69) is 15.6 Å². The van der Waals surface area contributed by atoms with Crippen molar-refractivity contribution in [3.8, 4) is 11.5 Å². The van der Waals surface area contributed by atoms with Gasteiger partial charge in [0.1, 0.15) is 17.3 Å². The SMILES string of the molecule is COc1ccc(OC)c([C@@H]2C(C(=O)Nc3ccccn3)=C(C)NC3=C2C(=O)CCC3)c1. The van der Waals surface area contributed by atoms with Gasteiger partial charge in [0.05, 0.1) is 20.1 Å². The Morgan fingerprint density at radius 2 is 2.00 bits per heavy atom. The third-order valence-electron chi connectivity index (χ3n) is 5.67. The maximum absolute atomic E-state index is 13.4. The summed E-state index contributed by atoms with van der Waals surface area (Å²) in [5.74, 6) is 0.815. The van der Waals surface area contributed by atoms with Crippen molar-refractivity contribution in [2.75, 3.05) is 19.5 Å². The third-order valence-corrected chi connectivity index (χ3v) is 5.67. The molecular weight excluding hydrogens is 394 g/mol. The second kappa shape index (κ2) is 8.63. The van der Waals surface area contributed by atoms with Crippen molar-refractivity contribution in [2.24, 2.45) is 0 Å². The zero-order valence-electron chi connectivity index (χ0n) is 17.8. The van der Waals surface area contributed by atoms with Crippen LogP contribution in [0.4, 0.5) is 5.82 Å². The molecule has 0 bridgehead atoms. The molecule has 0 saturated carbocycles. The smallest absolute Gasteiger partial charge is 0.255 e. The first-order valence-corrected chi connectivity index (χ1v) is 10.2. The van der Waals surface area contributed by atoms with Crippen LogP contribution in [-0.4, -0.2) is 30.9 Å². The van der Waals surface area contributed by atoms with E-state index in [-0.39, 0.29) is 11.7 Å². The van der Waals surface area contributed by atoms with Gasteiger partial charge in [0.15, 0.2) is 5.78 Å². The van der Waals surface area contributed by atoms with Gasteiger partial charge >= 0.3 is 0 Å².